The molecular formula is C26H20OPd. The molecule has 0 amide bonds. The van der Waals surface area contributed by atoms with Crippen molar-refractivity contribution >= 4 is 24.0 Å². The number of carbonyl (C=O) groups is 1. The van der Waals surface area contributed by atoms with Crippen LogP contribution in [0.4, 0.5) is 0 Å². The van der Waals surface area contributed by atoms with Crippen LogP contribution < -0.4 is 0 Å². The second kappa shape index (κ2) is 9.42. The monoisotopic (exact) mass is 454 g/mol. The molecule has 3 aromatic rings. The molecule has 1 unspecified atom stereocenters. The van der Waals surface area contributed by atoms with Crippen LogP contribution in [0.15, 0.2) is 103 Å². The van der Waals surface area contributed by atoms with Crippen molar-refractivity contribution < 1.29 is 25.2 Å². The first kappa shape index (κ1) is 20.0. The van der Waals surface area contributed by atoms with E-state index in [-0.39, 0.29) is 32.1 Å². The third kappa shape index (κ3) is 4.54. The molecule has 0 N–H and O–H groups in total. The molecule has 140 valence electrons. The Labute approximate surface area is 179 Å². The second-order valence-electron chi connectivity index (χ2n) is 6.58. The number of ketones is 1. The Balaban J connectivity index is 0.00000225. The van der Waals surface area contributed by atoms with E-state index in [1.165, 1.54) is 11.1 Å². The zero-order valence-electron chi connectivity index (χ0n) is 15.3. The first-order chi connectivity index (χ1) is 13.3. The SMILES string of the molecule is O=C(C=Cc1ccccc1)C(=Cc1ccccc1)C1C=Cc2ccccc21.[Pd]. The second-order valence-corrected chi connectivity index (χ2v) is 6.58. The van der Waals surface area contributed by atoms with Crippen molar-refractivity contribution in [2.75, 3.05) is 0 Å². The summed E-state index contributed by atoms with van der Waals surface area (Å²) in [5.74, 6) is 0.0170. The van der Waals surface area contributed by atoms with Crippen LogP contribution in [-0.4, -0.2) is 5.78 Å². The maximum atomic E-state index is 13.1. The standard InChI is InChI=1S/C26H20O.Pd/c27-26(18-15-20-9-3-1-4-10-20)25(19-21-11-5-2-6-12-21)24-17-16-22-13-7-8-14-23(22)24;/h1-19,24H;. The molecule has 0 radical (unpaired) electrons. The van der Waals surface area contributed by atoms with Gasteiger partial charge in [-0.3, -0.25) is 4.79 Å². The van der Waals surface area contributed by atoms with E-state index in [1.807, 2.05) is 84.9 Å². The van der Waals surface area contributed by atoms with Gasteiger partial charge in [0.1, 0.15) is 0 Å². The molecule has 1 aliphatic rings. The summed E-state index contributed by atoms with van der Waals surface area (Å²) in [5.41, 5.74) is 5.20. The van der Waals surface area contributed by atoms with Crippen molar-refractivity contribution in [2.24, 2.45) is 0 Å². The van der Waals surface area contributed by atoms with Crippen LogP contribution in [-0.2, 0) is 25.2 Å². The van der Waals surface area contributed by atoms with Crippen LogP contribution in [0.25, 0.3) is 18.2 Å². The van der Waals surface area contributed by atoms with Crippen LogP contribution in [0, 0.1) is 0 Å². The molecule has 3 aromatic carbocycles. The van der Waals surface area contributed by atoms with E-state index in [0.717, 1.165) is 16.7 Å². The molecule has 0 saturated carbocycles. The topological polar surface area (TPSA) is 17.1 Å². The van der Waals surface area contributed by atoms with Crippen LogP contribution in [0.5, 0.6) is 0 Å². The quantitative estimate of drug-likeness (QED) is 0.333. The van der Waals surface area contributed by atoms with Gasteiger partial charge in [0.2, 0.25) is 0 Å². The van der Waals surface area contributed by atoms with Gasteiger partial charge in [0.25, 0.3) is 0 Å². The van der Waals surface area contributed by atoms with E-state index < -0.39 is 0 Å². The number of fused-ring (bicyclic) bond motifs is 1. The van der Waals surface area contributed by atoms with Crippen molar-refractivity contribution in [3.8, 4) is 0 Å². The molecular weight excluding hydrogens is 435 g/mol. The molecule has 0 bridgehead atoms. The molecule has 0 fully saturated rings. The summed E-state index contributed by atoms with van der Waals surface area (Å²) in [6.45, 7) is 0. The Hall–Kier alpha value is -2.79. The average Bonchev–Trinajstić information content (AvgIpc) is 3.16. The predicted molar refractivity (Wildman–Crippen MR) is 113 cm³/mol. The minimum absolute atomic E-state index is 0. The average molecular weight is 455 g/mol. The predicted octanol–water partition coefficient (Wildman–Crippen LogP) is 6.16. The molecule has 1 nitrogen and oxygen atoms in total. The summed E-state index contributed by atoms with van der Waals surface area (Å²) in [5, 5.41) is 0. The number of carbonyl (C=O) groups excluding carboxylic acids is 1. The van der Waals surface area contributed by atoms with Gasteiger partial charge in [-0.1, -0.05) is 103 Å². The third-order valence-electron chi connectivity index (χ3n) is 4.77. The summed E-state index contributed by atoms with van der Waals surface area (Å²) >= 11 is 0. The van der Waals surface area contributed by atoms with Gasteiger partial charge in [0.05, 0.1) is 0 Å². The van der Waals surface area contributed by atoms with Gasteiger partial charge >= 0.3 is 0 Å². The van der Waals surface area contributed by atoms with Crippen LogP contribution >= 0.6 is 0 Å². The molecule has 0 aromatic heterocycles. The molecule has 0 spiro atoms. The van der Waals surface area contributed by atoms with Gasteiger partial charge in [0.15, 0.2) is 5.78 Å². The van der Waals surface area contributed by atoms with E-state index in [1.54, 1.807) is 6.08 Å². The number of hydrogen-bond acceptors (Lipinski definition) is 1. The van der Waals surface area contributed by atoms with Crippen LogP contribution in [0.2, 0.25) is 0 Å². The Morgan fingerprint density at radius 3 is 2.07 bits per heavy atom. The van der Waals surface area contributed by atoms with Gasteiger partial charge in [-0.15, -0.1) is 0 Å². The van der Waals surface area contributed by atoms with Crippen molar-refractivity contribution in [1.82, 2.24) is 0 Å². The third-order valence-corrected chi connectivity index (χ3v) is 4.77. The summed E-state index contributed by atoms with van der Waals surface area (Å²) in [6.07, 6.45) is 9.79. The van der Waals surface area contributed by atoms with Crippen LogP contribution in [0.3, 0.4) is 0 Å². The van der Waals surface area contributed by atoms with Crippen molar-refractivity contribution in [1.29, 1.82) is 0 Å². The van der Waals surface area contributed by atoms with Crippen molar-refractivity contribution in [2.45, 2.75) is 5.92 Å². The molecule has 0 heterocycles. The van der Waals surface area contributed by atoms with E-state index in [9.17, 15) is 4.79 Å². The number of hydrogen-bond donors (Lipinski definition) is 0. The van der Waals surface area contributed by atoms with Gasteiger partial charge in [0, 0.05) is 31.9 Å². The van der Waals surface area contributed by atoms with Crippen LogP contribution in [0.1, 0.15) is 28.2 Å². The molecule has 4 rings (SSSR count). The Kier molecular flexibility index (Phi) is 6.72. The largest absolute Gasteiger partial charge is 0.290 e. The summed E-state index contributed by atoms with van der Waals surface area (Å²) in [6, 6.07) is 28.2. The van der Waals surface area contributed by atoms with Gasteiger partial charge in [-0.25, -0.2) is 0 Å². The first-order valence-electron chi connectivity index (χ1n) is 9.12. The number of benzene rings is 3. The molecule has 1 aliphatic carbocycles. The Bertz CT molecular complexity index is 1030. The fourth-order valence-electron chi connectivity index (χ4n) is 3.40. The maximum Gasteiger partial charge on any atom is 0.182 e. The van der Waals surface area contributed by atoms with Gasteiger partial charge < -0.3 is 0 Å². The Morgan fingerprint density at radius 1 is 0.750 bits per heavy atom. The summed E-state index contributed by atoms with van der Waals surface area (Å²) < 4.78 is 0. The van der Waals surface area contributed by atoms with E-state index in [4.69, 9.17) is 0 Å². The number of rotatable bonds is 5. The number of allylic oxidation sites excluding steroid dienone is 3. The zero-order valence-corrected chi connectivity index (χ0v) is 16.8. The maximum absolute atomic E-state index is 13.1. The van der Waals surface area contributed by atoms with Crippen molar-refractivity contribution in [3.63, 3.8) is 0 Å². The zero-order chi connectivity index (χ0) is 18.5. The summed E-state index contributed by atoms with van der Waals surface area (Å²) in [4.78, 5) is 13.1. The molecule has 0 saturated heterocycles. The molecule has 2 heteroatoms. The minimum atomic E-state index is -0.0191. The van der Waals surface area contributed by atoms with E-state index in [2.05, 4.69) is 24.3 Å². The normalized spacial score (nSPS) is 15.3. The minimum Gasteiger partial charge on any atom is -0.290 e. The van der Waals surface area contributed by atoms with Gasteiger partial charge in [-0.05, 0) is 34.4 Å². The first-order valence-corrected chi connectivity index (χ1v) is 9.12. The van der Waals surface area contributed by atoms with E-state index in [0.29, 0.717) is 0 Å². The fraction of sp³-hybridized carbons (Fsp3) is 0.0385. The van der Waals surface area contributed by atoms with E-state index >= 15 is 0 Å². The smallest absolute Gasteiger partial charge is 0.182 e. The van der Waals surface area contributed by atoms with Gasteiger partial charge in [-0.2, -0.15) is 0 Å². The summed E-state index contributed by atoms with van der Waals surface area (Å²) in [7, 11) is 0. The molecule has 1 atom stereocenters. The molecule has 0 aliphatic heterocycles. The fourth-order valence-corrected chi connectivity index (χ4v) is 3.40. The Morgan fingerprint density at radius 2 is 1.36 bits per heavy atom. The molecule has 28 heavy (non-hydrogen) atoms. The van der Waals surface area contributed by atoms with Crippen molar-refractivity contribution in [3.05, 3.63) is 125 Å².